The Morgan fingerprint density at radius 3 is 2.60 bits per heavy atom. The number of halogens is 2. The van der Waals surface area contributed by atoms with Crippen LogP contribution < -0.4 is 10.1 Å². The lowest BCUT2D eigenvalue weighted by molar-refractivity contribution is 0.412. The van der Waals surface area contributed by atoms with E-state index in [9.17, 15) is 0 Å². The number of benzene rings is 2. The number of nitrogens with one attached hydrogen (secondary N) is 1. The van der Waals surface area contributed by atoms with Crippen molar-refractivity contribution in [1.29, 1.82) is 0 Å². The molecule has 1 atom stereocenters. The van der Waals surface area contributed by atoms with E-state index < -0.39 is 0 Å². The molecule has 106 valence electrons. The van der Waals surface area contributed by atoms with Crippen LogP contribution in [0.15, 0.2) is 40.9 Å². The Morgan fingerprint density at radius 1 is 1.25 bits per heavy atom. The van der Waals surface area contributed by atoms with Crippen LogP contribution in [0.3, 0.4) is 0 Å². The summed E-state index contributed by atoms with van der Waals surface area (Å²) in [7, 11) is 3.59. The van der Waals surface area contributed by atoms with Crippen LogP contribution in [0.2, 0.25) is 5.02 Å². The van der Waals surface area contributed by atoms with E-state index in [4.69, 9.17) is 16.3 Å². The minimum Gasteiger partial charge on any atom is -0.496 e. The predicted molar refractivity (Wildman–Crippen MR) is 87.8 cm³/mol. The van der Waals surface area contributed by atoms with Gasteiger partial charge in [-0.2, -0.15) is 0 Å². The van der Waals surface area contributed by atoms with E-state index in [-0.39, 0.29) is 6.04 Å². The van der Waals surface area contributed by atoms with Crippen LogP contribution in [-0.4, -0.2) is 14.2 Å². The third-order valence-electron chi connectivity index (χ3n) is 3.33. The zero-order valence-corrected chi connectivity index (χ0v) is 14.0. The Bertz CT molecular complexity index is 615. The van der Waals surface area contributed by atoms with Gasteiger partial charge in [-0.3, -0.25) is 0 Å². The number of hydrogen-bond acceptors (Lipinski definition) is 2. The van der Waals surface area contributed by atoms with Crippen molar-refractivity contribution in [3.05, 3.63) is 62.6 Å². The van der Waals surface area contributed by atoms with Crippen molar-refractivity contribution >= 4 is 27.5 Å². The first-order valence-electron chi connectivity index (χ1n) is 6.34. The average Bonchev–Trinajstić information content (AvgIpc) is 2.44. The molecule has 2 nitrogen and oxygen atoms in total. The molecule has 2 aromatic carbocycles. The van der Waals surface area contributed by atoms with Crippen LogP contribution in [0.4, 0.5) is 0 Å². The van der Waals surface area contributed by atoms with E-state index >= 15 is 0 Å². The summed E-state index contributed by atoms with van der Waals surface area (Å²) in [5.74, 6) is 0.818. The van der Waals surface area contributed by atoms with Gasteiger partial charge >= 0.3 is 0 Å². The molecule has 0 saturated carbocycles. The molecule has 0 spiro atoms. The number of aryl methyl sites for hydroxylation is 1. The summed E-state index contributed by atoms with van der Waals surface area (Å²) in [6.45, 7) is 2.02. The van der Waals surface area contributed by atoms with Crippen molar-refractivity contribution < 1.29 is 4.74 Å². The summed E-state index contributed by atoms with van der Waals surface area (Å²) in [6, 6.07) is 12.2. The normalized spacial score (nSPS) is 12.2. The van der Waals surface area contributed by atoms with E-state index in [1.54, 1.807) is 7.11 Å². The highest BCUT2D eigenvalue weighted by Gasteiger charge is 2.17. The molecule has 0 aliphatic rings. The molecule has 0 fully saturated rings. The molecule has 0 amide bonds. The van der Waals surface area contributed by atoms with Crippen molar-refractivity contribution in [1.82, 2.24) is 5.32 Å². The smallest absolute Gasteiger partial charge is 0.133 e. The van der Waals surface area contributed by atoms with Crippen LogP contribution in [0.25, 0.3) is 0 Å². The Hall–Kier alpha value is -1.03. The number of rotatable bonds is 4. The highest BCUT2D eigenvalue weighted by molar-refractivity contribution is 9.10. The van der Waals surface area contributed by atoms with Crippen LogP contribution in [-0.2, 0) is 0 Å². The van der Waals surface area contributed by atoms with Crippen LogP contribution >= 0.6 is 27.5 Å². The zero-order valence-electron chi connectivity index (χ0n) is 11.7. The molecule has 0 aliphatic heterocycles. The van der Waals surface area contributed by atoms with Crippen molar-refractivity contribution in [3.8, 4) is 5.75 Å². The Morgan fingerprint density at radius 2 is 2.00 bits per heavy atom. The molecule has 20 heavy (non-hydrogen) atoms. The molecule has 1 N–H and O–H groups in total. The molecule has 0 bridgehead atoms. The third-order valence-corrected chi connectivity index (χ3v) is 4.47. The molecule has 2 aromatic rings. The van der Waals surface area contributed by atoms with Gasteiger partial charge in [-0.15, -0.1) is 0 Å². The Balaban J connectivity index is 2.47. The van der Waals surface area contributed by atoms with E-state index in [0.717, 1.165) is 31.9 Å². The van der Waals surface area contributed by atoms with Gasteiger partial charge in [0.2, 0.25) is 0 Å². The third kappa shape index (κ3) is 3.00. The fraction of sp³-hybridized carbons (Fsp3) is 0.250. The van der Waals surface area contributed by atoms with Gasteiger partial charge in [0.1, 0.15) is 5.75 Å². The second-order valence-corrected chi connectivity index (χ2v) is 5.83. The standard InChI is InChI=1S/C16H17BrClNO/c1-10-5-4-6-12(15(10)18)16(19-2)11-7-8-14(20-3)13(17)9-11/h4-9,16,19H,1-3H3. The lowest BCUT2D eigenvalue weighted by Gasteiger charge is -2.20. The number of methoxy groups -OCH3 is 1. The molecular formula is C16H17BrClNO. The van der Waals surface area contributed by atoms with Crippen molar-refractivity contribution in [2.24, 2.45) is 0 Å². The number of ether oxygens (including phenoxy) is 1. The van der Waals surface area contributed by atoms with Gasteiger partial charge in [0.15, 0.2) is 0 Å². The molecule has 1 unspecified atom stereocenters. The van der Waals surface area contributed by atoms with Crippen molar-refractivity contribution in [3.63, 3.8) is 0 Å². The summed E-state index contributed by atoms with van der Waals surface area (Å²) < 4.78 is 6.20. The first-order valence-corrected chi connectivity index (χ1v) is 7.51. The monoisotopic (exact) mass is 353 g/mol. The summed E-state index contributed by atoms with van der Waals surface area (Å²) in [5, 5.41) is 4.13. The lowest BCUT2D eigenvalue weighted by atomic mass is 9.97. The Kier molecular flexibility index (Phi) is 5.08. The fourth-order valence-electron chi connectivity index (χ4n) is 2.26. The molecule has 0 aliphatic carbocycles. The Labute approximate surface area is 133 Å². The molecule has 4 heteroatoms. The predicted octanol–water partition coefficient (Wildman–Crippen LogP) is 4.73. The second kappa shape index (κ2) is 6.61. The fourth-order valence-corrected chi connectivity index (χ4v) is 3.05. The first kappa shape index (κ1) is 15.4. The maximum atomic E-state index is 6.44. The summed E-state index contributed by atoms with van der Waals surface area (Å²) in [6.07, 6.45) is 0. The van der Waals surface area contributed by atoms with Gasteiger partial charge in [0, 0.05) is 5.02 Å². The molecular weight excluding hydrogens is 338 g/mol. The van der Waals surface area contributed by atoms with Crippen LogP contribution in [0, 0.1) is 6.92 Å². The van der Waals surface area contributed by atoms with Crippen LogP contribution in [0.1, 0.15) is 22.7 Å². The quantitative estimate of drug-likeness (QED) is 0.857. The van der Waals surface area contributed by atoms with Gasteiger partial charge in [-0.25, -0.2) is 0 Å². The summed E-state index contributed by atoms with van der Waals surface area (Å²) >= 11 is 9.96. The van der Waals surface area contributed by atoms with Gasteiger partial charge < -0.3 is 10.1 Å². The van der Waals surface area contributed by atoms with E-state index in [1.165, 1.54) is 0 Å². The first-order chi connectivity index (χ1) is 9.58. The minimum atomic E-state index is 0.0459. The molecule has 2 rings (SSSR count). The molecule has 0 heterocycles. The molecule has 0 aromatic heterocycles. The molecule has 0 saturated heterocycles. The summed E-state index contributed by atoms with van der Waals surface area (Å²) in [4.78, 5) is 0. The lowest BCUT2D eigenvalue weighted by Crippen LogP contribution is -2.18. The maximum absolute atomic E-state index is 6.44. The summed E-state index contributed by atoms with van der Waals surface area (Å²) in [5.41, 5.74) is 3.29. The number of hydrogen-bond donors (Lipinski definition) is 1. The van der Waals surface area contributed by atoms with E-state index in [2.05, 4.69) is 33.4 Å². The van der Waals surface area contributed by atoms with Gasteiger partial charge in [-0.1, -0.05) is 35.9 Å². The largest absolute Gasteiger partial charge is 0.496 e. The van der Waals surface area contributed by atoms with Gasteiger partial charge in [-0.05, 0) is 58.7 Å². The average molecular weight is 355 g/mol. The zero-order chi connectivity index (χ0) is 14.7. The van der Waals surface area contributed by atoms with E-state index in [1.807, 2.05) is 38.2 Å². The minimum absolute atomic E-state index is 0.0459. The van der Waals surface area contributed by atoms with Crippen LogP contribution in [0.5, 0.6) is 5.75 Å². The topological polar surface area (TPSA) is 21.3 Å². The maximum Gasteiger partial charge on any atom is 0.133 e. The highest BCUT2D eigenvalue weighted by Crippen LogP contribution is 2.34. The highest BCUT2D eigenvalue weighted by atomic mass is 79.9. The van der Waals surface area contributed by atoms with Crippen molar-refractivity contribution in [2.75, 3.05) is 14.2 Å². The van der Waals surface area contributed by atoms with Gasteiger partial charge in [0.05, 0.1) is 17.6 Å². The SMILES string of the molecule is CNC(c1ccc(OC)c(Br)c1)c1cccc(C)c1Cl. The second-order valence-electron chi connectivity index (χ2n) is 4.59. The van der Waals surface area contributed by atoms with Crippen molar-refractivity contribution in [2.45, 2.75) is 13.0 Å². The van der Waals surface area contributed by atoms with Gasteiger partial charge in [0.25, 0.3) is 0 Å². The van der Waals surface area contributed by atoms with E-state index in [0.29, 0.717) is 0 Å². The molecule has 0 radical (unpaired) electrons.